The Hall–Kier alpha value is -2.88. The van der Waals surface area contributed by atoms with Crippen LogP contribution >= 0.6 is 11.6 Å². The molecule has 0 radical (unpaired) electrons. The Morgan fingerprint density at radius 1 is 1.31 bits per heavy atom. The van der Waals surface area contributed by atoms with E-state index in [9.17, 15) is 18.0 Å². The zero-order valence-electron chi connectivity index (χ0n) is 13.1. The monoisotopic (exact) mass is 386 g/mol. The third kappa shape index (κ3) is 3.85. The lowest BCUT2D eigenvalue weighted by molar-refractivity contribution is -0.153. The third-order valence-electron chi connectivity index (χ3n) is 3.19. The number of pyridine rings is 2. The zero-order valence-corrected chi connectivity index (χ0v) is 13.9. The van der Waals surface area contributed by atoms with Crippen molar-refractivity contribution in [2.24, 2.45) is 0 Å². The number of alkyl halides is 3. The van der Waals surface area contributed by atoms with Gasteiger partial charge in [0.1, 0.15) is 0 Å². The van der Waals surface area contributed by atoms with Crippen molar-refractivity contribution in [1.82, 2.24) is 19.6 Å². The average molecular weight is 387 g/mol. The molecule has 0 aliphatic rings. The van der Waals surface area contributed by atoms with Crippen molar-refractivity contribution in [1.29, 1.82) is 0 Å². The van der Waals surface area contributed by atoms with Crippen LogP contribution in [0.2, 0.25) is 5.02 Å². The number of aryl methyl sites for hydroxylation is 1. The van der Waals surface area contributed by atoms with Gasteiger partial charge in [-0.25, -0.2) is 14.5 Å². The quantitative estimate of drug-likeness (QED) is 0.623. The van der Waals surface area contributed by atoms with Crippen LogP contribution in [0.15, 0.2) is 24.4 Å². The molecule has 0 aromatic carbocycles. The number of hydrogen-bond acceptors (Lipinski definition) is 6. The van der Waals surface area contributed by atoms with Crippen LogP contribution in [0.5, 0.6) is 17.4 Å². The maximum absolute atomic E-state index is 12.4. The SMILES string of the molecule is Cc1c(Oc2ncc(Cl)cc2OCC(F)(F)F)ccc2nc(C=O)nn12. The van der Waals surface area contributed by atoms with Crippen molar-refractivity contribution in [2.45, 2.75) is 13.1 Å². The second-order valence-electron chi connectivity index (χ2n) is 5.10. The van der Waals surface area contributed by atoms with E-state index in [0.29, 0.717) is 17.6 Å². The molecule has 3 aromatic rings. The summed E-state index contributed by atoms with van der Waals surface area (Å²) in [5, 5.41) is 4.07. The molecule has 0 saturated heterocycles. The molecule has 0 atom stereocenters. The lowest BCUT2D eigenvalue weighted by Crippen LogP contribution is -2.19. The number of hydrogen-bond donors (Lipinski definition) is 0. The summed E-state index contributed by atoms with van der Waals surface area (Å²) in [6.07, 6.45) is -2.82. The van der Waals surface area contributed by atoms with Crippen molar-refractivity contribution in [2.75, 3.05) is 6.61 Å². The third-order valence-corrected chi connectivity index (χ3v) is 3.40. The zero-order chi connectivity index (χ0) is 18.9. The number of rotatable bonds is 5. The number of carbonyl (C=O) groups excluding carboxylic acids is 1. The van der Waals surface area contributed by atoms with Gasteiger partial charge in [-0.3, -0.25) is 4.79 Å². The van der Waals surface area contributed by atoms with E-state index in [-0.39, 0.29) is 28.2 Å². The lowest BCUT2D eigenvalue weighted by Gasteiger charge is -2.14. The molecule has 0 aliphatic carbocycles. The van der Waals surface area contributed by atoms with E-state index in [1.807, 2.05) is 0 Å². The Balaban J connectivity index is 1.94. The Kier molecular flexibility index (Phi) is 4.68. The first-order valence-electron chi connectivity index (χ1n) is 7.11. The highest BCUT2D eigenvalue weighted by Crippen LogP contribution is 2.34. The smallest absolute Gasteiger partial charge is 0.422 e. The number of ether oxygens (including phenoxy) is 2. The molecule has 3 aromatic heterocycles. The van der Waals surface area contributed by atoms with Crippen LogP contribution in [-0.4, -0.2) is 38.7 Å². The first-order chi connectivity index (χ1) is 12.3. The van der Waals surface area contributed by atoms with E-state index in [2.05, 4.69) is 15.1 Å². The van der Waals surface area contributed by atoms with Gasteiger partial charge in [0.15, 0.2) is 30.0 Å². The van der Waals surface area contributed by atoms with E-state index in [1.54, 1.807) is 6.92 Å². The molecule has 3 rings (SSSR count). The predicted molar refractivity (Wildman–Crippen MR) is 84.0 cm³/mol. The van der Waals surface area contributed by atoms with Crippen molar-refractivity contribution in [3.05, 3.63) is 40.9 Å². The summed E-state index contributed by atoms with van der Waals surface area (Å²) in [6, 6.07) is 4.23. The number of carbonyl (C=O) groups is 1. The molecule has 0 fully saturated rings. The second-order valence-corrected chi connectivity index (χ2v) is 5.54. The molecule has 11 heteroatoms. The van der Waals surface area contributed by atoms with E-state index in [0.717, 1.165) is 0 Å². The number of nitrogens with zero attached hydrogens (tertiary/aromatic N) is 4. The summed E-state index contributed by atoms with van der Waals surface area (Å²) in [4.78, 5) is 18.6. The highest BCUT2D eigenvalue weighted by Gasteiger charge is 2.29. The maximum Gasteiger partial charge on any atom is 0.422 e. The fourth-order valence-corrected chi connectivity index (χ4v) is 2.23. The van der Waals surface area contributed by atoms with E-state index in [1.165, 1.54) is 28.9 Å². The fourth-order valence-electron chi connectivity index (χ4n) is 2.08. The fraction of sp³-hybridized carbons (Fsp3) is 0.200. The molecule has 136 valence electrons. The molecule has 0 saturated carbocycles. The summed E-state index contributed by atoms with van der Waals surface area (Å²) in [7, 11) is 0. The maximum atomic E-state index is 12.4. The van der Waals surface area contributed by atoms with Gasteiger partial charge in [-0.05, 0) is 19.1 Å². The van der Waals surface area contributed by atoms with Gasteiger partial charge in [0, 0.05) is 12.3 Å². The Morgan fingerprint density at radius 3 is 2.77 bits per heavy atom. The van der Waals surface area contributed by atoms with Crippen LogP contribution in [0.4, 0.5) is 13.2 Å². The van der Waals surface area contributed by atoms with Crippen LogP contribution in [0.25, 0.3) is 5.65 Å². The van der Waals surface area contributed by atoms with Crippen LogP contribution in [0, 0.1) is 6.92 Å². The first-order valence-corrected chi connectivity index (χ1v) is 7.49. The van der Waals surface area contributed by atoms with Gasteiger partial charge >= 0.3 is 6.18 Å². The summed E-state index contributed by atoms with van der Waals surface area (Å²) in [6.45, 7) is 0.118. The standard InChI is InChI=1S/C15H10ClF3N4O3/c1-8-10(2-3-13-21-12(6-24)22-23(8)13)26-14-11(4-9(16)5-20-14)25-7-15(17,18)19/h2-6H,7H2,1H3. The lowest BCUT2D eigenvalue weighted by atomic mass is 10.3. The minimum Gasteiger partial charge on any atom is -0.478 e. The topological polar surface area (TPSA) is 78.6 Å². The Morgan fingerprint density at radius 2 is 2.08 bits per heavy atom. The Labute approximate surface area is 149 Å². The number of aldehydes is 1. The number of halogens is 4. The summed E-state index contributed by atoms with van der Waals surface area (Å²) >= 11 is 5.76. The highest BCUT2D eigenvalue weighted by atomic mass is 35.5. The van der Waals surface area contributed by atoms with E-state index < -0.39 is 12.8 Å². The normalized spacial score (nSPS) is 11.6. The van der Waals surface area contributed by atoms with Crippen LogP contribution in [-0.2, 0) is 0 Å². The molecule has 0 bridgehead atoms. The highest BCUT2D eigenvalue weighted by molar-refractivity contribution is 6.30. The number of aromatic nitrogens is 4. The van der Waals surface area contributed by atoms with Gasteiger partial charge in [0.05, 0.1) is 10.7 Å². The summed E-state index contributed by atoms with van der Waals surface area (Å²) in [5.41, 5.74) is 0.871. The average Bonchev–Trinajstić information content (AvgIpc) is 3.01. The molecular formula is C15H10ClF3N4O3. The largest absolute Gasteiger partial charge is 0.478 e. The predicted octanol–water partition coefficient (Wildman–Crippen LogP) is 3.63. The van der Waals surface area contributed by atoms with E-state index in [4.69, 9.17) is 21.1 Å². The molecule has 0 spiro atoms. The molecule has 0 aliphatic heterocycles. The van der Waals surface area contributed by atoms with Crippen molar-refractivity contribution < 1.29 is 27.4 Å². The Bertz CT molecular complexity index is 975. The second kappa shape index (κ2) is 6.79. The molecular weight excluding hydrogens is 377 g/mol. The summed E-state index contributed by atoms with van der Waals surface area (Å²) in [5.74, 6) is -0.228. The van der Waals surface area contributed by atoms with Crippen molar-refractivity contribution >= 4 is 23.5 Å². The molecule has 0 amide bonds. The van der Waals surface area contributed by atoms with Gasteiger partial charge in [-0.15, -0.1) is 5.10 Å². The van der Waals surface area contributed by atoms with Crippen LogP contribution in [0.3, 0.4) is 0 Å². The van der Waals surface area contributed by atoms with Crippen molar-refractivity contribution in [3.8, 4) is 17.4 Å². The first kappa shape index (κ1) is 17.9. The molecule has 7 nitrogen and oxygen atoms in total. The van der Waals surface area contributed by atoms with Gasteiger partial charge in [-0.2, -0.15) is 13.2 Å². The van der Waals surface area contributed by atoms with Gasteiger partial charge in [0.25, 0.3) is 5.88 Å². The van der Waals surface area contributed by atoms with Crippen LogP contribution in [0.1, 0.15) is 16.3 Å². The van der Waals surface area contributed by atoms with E-state index >= 15 is 0 Å². The number of fused-ring (bicyclic) bond motifs is 1. The van der Waals surface area contributed by atoms with Gasteiger partial charge in [-0.1, -0.05) is 11.6 Å². The van der Waals surface area contributed by atoms with Crippen molar-refractivity contribution in [3.63, 3.8) is 0 Å². The summed E-state index contributed by atoms with van der Waals surface area (Å²) < 4.78 is 48.9. The molecule has 0 unspecified atom stereocenters. The molecule has 0 N–H and O–H groups in total. The minimum atomic E-state index is -4.53. The molecule has 3 heterocycles. The van der Waals surface area contributed by atoms with Gasteiger partial charge < -0.3 is 9.47 Å². The minimum absolute atomic E-state index is 0.0101. The molecule has 26 heavy (non-hydrogen) atoms. The van der Waals surface area contributed by atoms with Gasteiger partial charge in [0.2, 0.25) is 5.82 Å². The van der Waals surface area contributed by atoms with Crippen LogP contribution < -0.4 is 9.47 Å².